The molecule has 0 fully saturated rings. The van der Waals surface area contributed by atoms with E-state index in [-0.39, 0.29) is 18.3 Å². The minimum absolute atomic E-state index is 0.201. The Hall–Kier alpha value is -1.63. The Morgan fingerprint density at radius 3 is 2.00 bits per heavy atom. The number of hydrogen-bond donors (Lipinski definition) is 2. The van der Waals surface area contributed by atoms with E-state index >= 15 is 0 Å². The van der Waals surface area contributed by atoms with Crippen LogP contribution in [-0.2, 0) is 23.9 Å². The summed E-state index contributed by atoms with van der Waals surface area (Å²) in [6.45, 7) is 6.63. The van der Waals surface area contributed by atoms with E-state index in [1.54, 1.807) is 13.8 Å². The van der Waals surface area contributed by atoms with Gasteiger partial charge in [0.2, 0.25) is 6.79 Å². The van der Waals surface area contributed by atoms with Gasteiger partial charge in [-0.25, -0.2) is 0 Å². The van der Waals surface area contributed by atoms with E-state index in [0.717, 1.165) is 0 Å². The number of carbonyl (C=O) groups is 3. The lowest BCUT2D eigenvalue weighted by Gasteiger charge is -2.22. The fourth-order valence-electron chi connectivity index (χ4n) is 1.79. The van der Waals surface area contributed by atoms with Gasteiger partial charge in [-0.2, -0.15) is 0 Å². The number of carboxylic acids is 1. The first-order valence-corrected chi connectivity index (χ1v) is 6.95. The summed E-state index contributed by atoms with van der Waals surface area (Å²) in [4.78, 5) is 33.8. The van der Waals surface area contributed by atoms with Crippen LogP contribution in [0.5, 0.6) is 0 Å². The predicted octanol–water partition coefficient (Wildman–Crippen LogP) is 1.15. The number of carboxylic acid groups (broad SMARTS) is 1. The minimum Gasteiger partial charge on any atom is -0.481 e. The average Bonchev–Trinajstić information content (AvgIpc) is 2.35. The normalized spacial score (nSPS) is 13.9. The minimum atomic E-state index is -1.05. The van der Waals surface area contributed by atoms with E-state index < -0.39 is 36.7 Å². The van der Waals surface area contributed by atoms with Gasteiger partial charge in [0.15, 0.2) is 0 Å². The van der Waals surface area contributed by atoms with Crippen LogP contribution in [0.1, 0.15) is 40.5 Å². The molecule has 2 unspecified atom stereocenters. The summed E-state index contributed by atoms with van der Waals surface area (Å²) < 4.78 is 9.48. The smallest absolute Gasteiger partial charge is 0.326 e. The molecule has 0 spiro atoms. The molecular weight excluding hydrogens is 278 g/mol. The molecule has 0 saturated carbocycles. The molecule has 0 aliphatic rings. The van der Waals surface area contributed by atoms with E-state index in [9.17, 15) is 14.4 Å². The van der Waals surface area contributed by atoms with Crippen LogP contribution in [0.25, 0.3) is 0 Å². The van der Waals surface area contributed by atoms with Gasteiger partial charge >= 0.3 is 17.9 Å². The third-order valence-electron chi connectivity index (χ3n) is 2.86. The SMILES string of the molecule is CC(C)CC(CC(=O)O)C(N)C(=O)OCOC(=O)C(C)C. The first-order chi connectivity index (χ1) is 9.65. The number of hydrogen-bond acceptors (Lipinski definition) is 6. The van der Waals surface area contributed by atoms with Crippen molar-refractivity contribution in [1.82, 2.24) is 0 Å². The number of rotatable bonds is 9. The molecule has 0 aromatic heterocycles. The average molecular weight is 303 g/mol. The molecule has 7 heteroatoms. The molecule has 0 rings (SSSR count). The molecular formula is C14H25NO6. The molecule has 0 saturated heterocycles. The van der Waals surface area contributed by atoms with E-state index in [2.05, 4.69) is 0 Å². The highest BCUT2D eigenvalue weighted by Crippen LogP contribution is 2.19. The van der Waals surface area contributed by atoms with Crippen molar-refractivity contribution in [2.75, 3.05) is 6.79 Å². The Morgan fingerprint density at radius 2 is 1.57 bits per heavy atom. The Labute approximate surface area is 124 Å². The fraction of sp³-hybridized carbons (Fsp3) is 0.786. The van der Waals surface area contributed by atoms with Crippen LogP contribution in [0.2, 0.25) is 0 Å². The lowest BCUT2D eigenvalue weighted by Crippen LogP contribution is -2.41. The van der Waals surface area contributed by atoms with Gasteiger partial charge in [0.1, 0.15) is 6.04 Å². The number of aliphatic carboxylic acids is 1. The summed E-state index contributed by atoms with van der Waals surface area (Å²) in [5, 5.41) is 8.86. The van der Waals surface area contributed by atoms with Crippen LogP contribution in [0.3, 0.4) is 0 Å². The van der Waals surface area contributed by atoms with Crippen molar-refractivity contribution in [1.29, 1.82) is 0 Å². The summed E-state index contributed by atoms with van der Waals surface area (Å²) in [5.74, 6) is -2.91. The number of ether oxygens (including phenoxy) is 2. The molecule has 0 aliphatic heterocycles. The van der Waals surface area contributed by atoms with Crippen molar-refractivity contribution < 1.29 is 29.0 Å². The molecule has 7 nitrogen and oxygen atoms in total. The zero-order chi connectivity index (χ0) is 16.6. The summed E-state index contributed by atoms with van der Waals surface area (Å²) in [5.41, 5.74) is 5.76. The van der Waals surface area contributed by atoms with Crippen molar-refractivity contribution in [3.05, 3.63) is 0 Å². The summed E-state index contributed by atoms with van der Waals surface area (Å²) in [6, 6.07) is -1.05. The van der Waals surface area contributed by atoms with Crippen LogP contribution in [0.15, 0.2) is 0 Å². The van der Waals surface area contributed by atoms with Crippen LogP contribution in [0.4, 0.5) is 0 Å². The van der Waals surface area contributed by atoms with Gasteiger partial charge in [0.25, 0.3) is 0 Å². The van der Waals surface area contributed by atoms with Crippen molar-refractivity contribution in [3.63, 3.8) is 0 Å². The fourth-order valence-corrected chi connectivity index (χ4v) is 1.79. The largest absolute Gasteiger partial charge is 0.481 e. The highest BCUT2D eigenvalue weighted by molar-refractivity contribution is 5.77. The van der Waals surface area contributed by atoms with Crippen LogP contribution in [0, 0.1) is 17.8 Å². The van der Waals surface area contributed by atoms with Crippen molar-refractivity contribution in [2.45, 2.75) is 46.6 Å². The van der Waals surface area contributed by atoms with Gasteiger partial charge in [-0.1, -0.05) is 27.7 Å². The molecule has 0 aliphatic carbocycles. The van der Waals surface area contributed by atoms with Crippen LogP contribution >= 0.6 is 0 Å². The quantitative estimate of drug-likeness (QED) is 0.485. The second-order valence-corrected chi connectivity index (χ2v) is 5.71. The highest BCUT2D eigenvalue weighted by Gasteiger charge is 2.29. The van der Waals surface area contributed by atoms with E-state index in [0.29, 0.717) is 6.42 Å². The molecule has 2 atom stereocenters. The molecule has 0 aromatic carbocycles. The van der Waals surface area contributed by atoms with Crippen molar-refractivity contribution in [2.24, 2.45) is 23.5 Å². The maximum absolute atomic E-state index is 11.8. The van der Waals surface area contributed by atoms with Gasteiger partial charge in [0, 0.05) is 0 Å². The first kappa shape index (κ1) is 19.4. The van der Waals surface area contributed by atoms with E-state index in [1.807, 2.05) is 13.8 Å². The Kier molecular flexibility index (Phi) is 8.61. The second-order valence-electron chi connectivity index (χ2n) is 5.71. The molecule has 0 heterocycles. The van der Waals surface area contributed by atoms with Crippen LogP contribution in [-0.4, -0.2) is 35.8 Å². The van der Waals surface area contributed by atoms with E-state index in [4.69, 9.17) is 20.3 Å². The topological polar surface area (TPSA) is 116 Å². The molecule has 0 radical (unpaired) electrons. The van der Waals surface area contributed by atoms with E-state index in [1.165, 1.54) is 0 Å². The van der Waals surface area contributed by atoms with Gasteiger partial charge in [-0.15, -0.1) is 0 Å². The van der Waals surface area contributed by atoms with Gasteiger partial charge in [-0.05, 0) is 18.3 Å². The molecule has 21 heavy (non-hydrogen) atoms. The lowest BCUT2D eigenvalue weighted by molar-refractivity contribution is -0.171. The number of nitrogens with two attached hydrogens (primary N) is 1. The standard InChI is InChI=1S/C14H25NO6/c1-8(2)5-10(6-11(16)17)12(15)14(19)21-7-20-13(18)9(3)4/h8-10,12H,5-7,15H2,1-4H3,(H,16,17). The van der Waals surface area contributed by atoms with Gasteiger partial charge in [-0.3, -0.25) is 14.4 Å². The third-order valence-corrected chi connectivity index (χ3v) is 2.86. The third kappa shape index (κ3) is 8.29. The maximum atomic E-state index is 11.8. The van der Waals surface area contributed by atoms with Crippen LogP contribution < -0.4 is 5.73 Å². The summed E-state index contributed by atoms with van der Waals surface area (Å²) >= 11 is 0. The van der Waals surface area contributed by atoms with Gasteiger partial charge < -0.3 is 20.3 Å². The Bertz CT molecular complexity index is 366. The van der Waals surface area contributed by atoms with Crippen molar-refractivity contribution >= 4 is 17.9 Å². The zero-order valence-corrected chi connectivity index (χ0v) is 13.0. The monoisotopic (exact) mass is 303 g/mol. The molecule has 0 bridgehead atoms. The molecule has 0 aromatic rings. The Balaban J connectivity index is 4.42. The molecule has 122 valence electrons. The first-order valence-electron chi connectivity index (χ1n) is 6.95. The predicted molar refractivity (Wildman–Crippen MR) is 75.1 cm³/mol. The highest BCUT2D eigenvalue weighted by atomic mass is 16.7. The number of carbonyl (C=O) groups excluding carboxylic acids is 2. The summed E-state index contributed by atoms with van der Waals surface area (Å²) in [7, 11) is 0. The maximum Gasteiger partial charge on any atom is 0.326 e. The molecule has 0 amide bonds. The van der Waals surface area contributed by atoms with Gasteiger partial charge in [0.05, 0.1) is 12.3 Å². The van der Waals surface area contributed by atoms with Crippen molar-refractivity contribution in [3.8, 4) is 0 Å². The Morgan fingerprint density at radius 1 is 1.05 bits per heavy atom. The summed E-state index contributed by atoms with van der Waals surface area (Å²) in [6.07, 6.45) is 0.286. The molecule has 3 N–H and O–H groups in total. The zero-order valence-electron chi connectivity index (χ0n) is 13.0. The second kappa shape index (κ2) is 9.33. The lowest BCUT2D eigenvalue weighted by atomic mass is 9.88. The number of esters is 2.